The van der Waals surface area contributed by atoms with Crippen LogP contribution in [0.15, 0.2) is 36.2 Å². The molecule has 2 amide bonds. The van der Waals surface area contributed by atoms with Gasteiger partial charge in [0.15, 0.2) is 0 Å². The Labute approximate surface area is 159 Å². The smallest absolute Gasteiger partial charge is 0.326 e. The molecule has 0 aliphatic carbocycles. The van der Waals surface area contributed by atoms with Crippen LogP contribution < -0.4 is 5.73 Å². The number of nitriles is 1. The molecule has 0 aromatic heterocycles. The number of amides is 2. The molecule has 0 saturated carbocycles. The first-order valence-corrected chi connectivity index (χ1v) is 9.53. The average Bonchev–Trinajstić information content (AvgIpc) is 2.70. The summed E-state index contributed by atoms with van der Waals surface area (Å²) >= 11 is 0. The number of carbonyl (C=O) groups is 1. The van der Waals surface area contributed by atoms with Crippen molar-refractivity contribution in [1.82, 2.24) is 14.7 Å². The van der Waals surface area contributed by atoms with E-state index in [1.54, 1.807) is 11.0 Å². The second kappa shape index (κ2) is 7.59. The van der Waals surface area contributed by atoms with Crippen molar-refractivity contribution in [2.24, 2.45) is 5.73 Å². The van der Waals surface area contributed by atoms with Gasteiger partial charge in [-0.3, -0.25) is 4.90 Å². The second-order valence-electron chi connectivity index (χ2n) is 7.35. The third-order valence-corrected chi connectivity index (χ3v) is 5.51. The van der Waals surface area contributed by atoms with E-state index in [1.165, 1.54) is 0 Å². The lowest BCUT2D eigenvalue weighted by atomic mass is 10.0. The van der Waals surface area contributed by atoms with E-state index in [9.17, 15) is 10.1 Å². The molecule has 2 fully saturated rings. The van der Waals surface area contributed by atoms with E-state index in [0.29, 0.717) is 31.9 Å². The molecule has 142 valence electrons. The fourth-order valence-electron chi connectivity index (χ4n) is 4.09. The molecule has 3 aliphatic rings. The monoisotopic (exact) mass is 367 g/mol. The average molecular weight is 367 g/mol. The minimum atomic E-state index is -0.0399. The van der Waals surface area contributed by atoms with Gasteiger partial charge < -0.3 is 20.3 Å². The number of piperidine rings is 1. The zero-order chi connectivity index (χ0) is 18.8. The van der Waals surface area contributed by atoms with Gasteiger partial charge in [0, 0.05) is 25.7 Å². The van der Waals surface area contributed by atoms with E-state index in [2.05, 4.69) is 17.0 Å². The lowest BCUT2D eigenvalue weighted by Crippen LogP contribution is -2.59. The largest absolute Gasteiger partial charge is 0.377 e. The molecule has 2 N–H and O–H groups in total. The lowest BCUT2D eigenvalue weighted by molar-refractivity contribution is 0.00846. The van der Waals surface area contributed by atoms with Crippen LogP contribution in [0.3, 0.4) is 0 Å². The number of urea groups is 1. The lowest BCUT2D eigenvalue weighted by Gasteiger charge is -2.47. The molecule has 27 heavy (non-hydrogen) atoms. The number of fused-ring (bicyclic) bond motifs is 1. The Balaban J connectivity index is 1.68. The van der Waals surface area contributed by atoms with Crippen molar-refractivity contribution in [3.8, 4) is 6.07 Å². The zero-order valence-electron chi connectivity index (χ0n) is 15.4. The Morgan fingerprint density at radius 2 is 2.15 bits per heavy atom. The van der Waals surface area contributed by atoms with E-state index < -0.39 is 0 Å². The van der Waals surface area contributed by atoms with Crippen LogP contribution in [0.4, 0.5) is 4.79 Å². The third kappa shape index (κ3) is 3.51. The van der Waals surface area contributed by atoms with Crippen LogP contribution in [0.25, 0.3) is 0 Å². The summed E-state index contributed by atoms with van der Waals surface area (Å²) in [6, 6.07) is 9.74. The number of likely N-dealkylation sites (tertiary alicyclic amines) is 1. The minimum absolute atomic E-state index is 0.0207. The summed E-state index contributed by atoms with van der Waals surface area (Å²) in [4.78, 5) is 19.2. The van der Waals surface area contributed by atoms with E-state index in [1.807, 2.05) is 23.1 Å². The molecule has 2 unspecified atom stereocenters. The van der Waals surface area contributed by atoms with Crippen LogP contribution in [0, 0.1) is 11.3 Å². The van der Waals surface area contributed by atoms with Gasteiger partial charge in [-0.1, -0.05) is 18.2 Å². The standard InChI is InChI=1S/C20H25N5O2/c21-11-15-4-1-2-5-16(15)12-25-19(23-7-3-6-17(22)13-23)10-18-14-27-9-8-24(18)20(25)26/h1-2,4-5,10,17-18H,3,6-9,12-14,22H2. The Bertz CT molecular complexity index is 787. The summed E-state index contributed by atoms with van der Waals surface area (Å²) < 4.78 is 5.59. The number of nitrogens with two attached hydrogens (primary N) is 1. The molecule has 3 aliphatic heterocycles. The maximum Gasteiger partial charge on any atom is 0.326 e. The summed E-state index contributed by atoms with van der Waals surface area (Å²) in [6.07, 6.45) is 4.15. The van der Waals surface area contributed by atoms with Crippen LogP contribution in [-0.4, -0.2) is 65.7 Å². The van der Waals surface area contributed by atoms with Crippen LogP contribution in [-0.2, 0) is 11.3 Å². The Morgan fingerprint density at radius 1 is 1.30 bits per heavy atom. The van der Waals surface area contributed by atoms with Gasteiger partial charge in [0.05, 0.1) is 37.4 Å². The second-order valence-corrected chi connectivity index (χ2v) is 7.35. The molecule has 7 heteroatoms. The number of hydrogen-bond acceptors (Lipinski definition) is 5. The van der Waals surface area contributed by atoms with Gasteiger partial charge in [-0.2, -0.15) is 5.26 Å². The van der Waals surface area contributed by atoms with Gasteiger partial charge in [0.2, 0.25) is 0 Å². The number of carbonyl (C=O) groups excluding carboxylic acids is 1. The molecule has 1 aromatic rings. The molecule has 7 nitrogen and oxygen atoms in total. The van der Waals surface area contributed by atoms with E-state index >= 15 is 0 Å². The Hall–Kier alpha value is -2.56. The first-order chi connectivity index (χ1) is 13.2. The summed E-state index contributed by atoms with van der Waals surface area (Å²) in [5.41, 5.74) is 7.65. The van der Waals surface area contributed by atoms with E-state index in [4.69, 9.17) is 10.5 Å². The summed E-state index contributed by atoms with van der Waals surface area (Å²) in [7, 11) is 0. The molecule has 2 atom stereocenters. The fraction of sp³-hybridized carbons (Fsp3) is 0.500. The highest BCUT2D eigenvalue weighted by molar-refractivity contribution is 5.78. The number of benzene rings is 1. The summed E-state index contributed by atoms with van der Waals surface area (Å²) in [6.45, 7) is 3.67. The Kier molecular flexibility index (Phi) is 5.01. The van der Waals surface area contributed by atoms with Crippen LogP contribution in [0.1, 0.15) is 24.0 Å². The molecule has 4 rings (SSSR count). The van der Waals surface area contributed by atoms with Crippen molar-refractivity contribution in [1.29, 1.82) is 5.26 Å². The van der Waals surface area contributed by atoms with Crippen molar-refractivity contribution in [3.05, 3.63) is 47.3 Å². The van der Waals surface area contributed by atoms with Crippen LogP contribution >= 0.6 is 0 Å². The van der Waals surface area contributed by atoms with Crippen molar-refractivity contribution in [3.63, 3.8) is 0 Å². The number of nitrogens with zero attached hydrogens (tertiary/aromatic N) is 4. The molecule has 0 radical (unpaired) electrons. The SMILES string of the molecule is N#Cc1ccccc1CN1C(=O)N2CCOCC2C=C1N1CCCC(N)C1. The molecular weight excluding hydrogens is 342 g/mol. The van der Waals surface area contributed by atoms with Gasteiger partial charge in [0.25, 0.3) is 0 Å². The van der Waals surface area contributed by atoms with E-state index in [-0.39, 0.29) is 18.1 Å². The number of hydrogen-bond donors (Lipinski definition) is 1. The van der Waals surface area contributed by atoms with Gasteiger partial charge in [-0.05, 0) is 30.5 Å². The minimum Gasteiger partial charge on any atom is -0.377 e. The maximum absolute atomic E-state index is 13.3. The van der Waals surface area contributed by atoms with Crippen molar-refractivity contribution >= 4 is 6.03 Å². The van der Waals surface area contributed by atoms with Gasteiger partial charge >= 0.3 is 6.03 Å². The first kappa shape index (κ1) is 17.8. The number of ether oxygens (including phenoxy) is 1. The summed E-state index contributed by atoms with van der Waals surface area (Å²) in [5, 5.41) is 9.43. The maximum atomic E-state index is 13.3. The first-order valence-electron chi connectivity index (χ1n) is 9.53. The highest BCUT2D eigenvalue weighted by atomic mass is 16.5. The molecule has 0 bridgehead atoms. The predicted octanol–water partition coefficient (Wildman–Crippen LogP) is 1.46. The van der Waals surface area contributed by atoms with Crippen molar-refractivity contribution < 1.29 is 9.53 Å². The van der Waals surface area contributed by atoms with Gasteiger partial charge in [-0.25, -0.2) is 4.79 Å². The van der Waals surface area contributed by atoms with Crippen molar-refractivity contribution in [2.75, 3.05) is 32.8 Å². The quantitative estimate of drug-likeness (QED) is 0.874. The van der Waals surface area contributed by atoms with Gasteiger partial charge in [-0.15, -0.1) is 0 Å². The van der Waals surface area contributed by atoms with Crippen molar-refractivity contribution in [2.45, 2.75) is 31.5 Å². The normalized spacial score (nSPS) is 25.7. The topological polar surface area (TPSA) is 85.8 Å². The predicted molar refractivity (Wildman–Crippen MR) is 100 cm³/mol. The highest BCUT2D eigenvalue weighted by Crippen LogP contribution is 2.28. The molecule has 1 aromatic carbocycles. The molecule has 2 saturated heterocycles. The number of morpholine rings is 1. The van der Waals surface area contributed by atoms with Crippen LogP contribution in [0.5, 0.6) is 0 Å². The molecule has 3 heterocycles. The van der Waals surface area contributed by atoms with E-state index in [0.717, 1.165) is 37.3 Å². The van der Waals surface area contributed by atoms with Crippen LogP contribution in [0.2, 0.25) is 0 Å². The fourth-order valence-corrected chi connectivity index (χ4v) is 4.09. The molecular formula is C20H25N5O2. The Morgan fingerprint density at radius 3 is 2.96 bits per heavy atom. The number of rotatable bonds is 3. The molecule has 0 spiro atoms. The third-order valence-electron chi connectivity index (χ3n) is 5.51. The van der Waals surface area contributed by atoms with Gasteiger partial charge in [0.1, 0.15) is 5.82 Å². The zero-order valence-corrected chi connectivity index (χ0v) is 15.4. The highest BCUT2D eigenvalue weighted by Gasteiger charge is 2.38. The summed E-state index contributed by atoms with van der Waals surface area (Å²) in [5.74, 6) is 0.898.